The van der Waals surface area contributed by atoms with E-state index in [1.54, 1.807) is 11.3 Å². The summed E-state index contributed by atoms with van der Waals surface area (Å²) in [5.74, 6) is 0. The van der Waals surface area contributed by atoms with Crippen molar-refractivity contribution < 1.29 is 0 Å². The minimum absolute atomic E-state index is 0.439. The normalized spacial score (nSPS) is 12.8. The molecule has 90 valence electrons. The molecule has 0 aliphatic heterocycles. The molecule has 3 heteroatoms. The smallest absolute Gasteiger partial charge is 0.0636 e. The Balaban J connectivity index is 2.13. The van der Waals surface area contributed by atoms with Crippen molar-refractivity contribution in [3.63, 3.8) is 0 Å². The van der Waals surface area contributed by atoms with Gasteiger partial charge in [0.05, 0.1) is 5.02 Å². The molecule has 0 saturated heterocycles. The van der Waals surface area contributed by atoms with E-state index in [1.807, 2.05) is 18.2 Å². The van der Waals surface area contributed by atoms with Gasteiger partial charge < -0.3 is 5.32 Å². The number of benzene rings is 1. The Morgan fingerprint density at radius 1 is 1.47 bits per heavy atom. The quantitative estimate of drug-likeness (QED) is 0.779. The molecule has 17 heavy (non-hydrogen) atoms. The van der Waals surface area contributed by atoms with Crippen LogP contribution in [0.1, 0.15) is 18.2 Å². The first-order valence-electron chi connectivity index (χ1n) is 5.72. The summed E-state index contributed by atoms with van der Waals surface area (Å²) in [4.78, 5) is 1.21. The molecule has 2 rings (SSSR count). The number of rotatable bonds is 5. The monoisotopic (exact) mass is 265 g/mol. The number of fused-ring (bicyclic) bond motifs is 1. The Bertz CT molecular complexity index is 518. The van der Waals surface area contributed by atoms with Crippen LogP contribution in [0.3, 0.4) is 0 Å². The Morgan fingerprint density at radius 2 is 2.24 bits per heavy atom. The molecule has 1 atom stereocenters. The summed E-state index contributed by atoms with van der Waals surface area (Å²) in [6.07, 6.45) is 2.91. The van der Waals surface area contributed by atoms with E-state index in [0.29, 0.717) is 6.04 Å². The second kappa shape index (κ2) is 5.67. The maximum Gasteiger partial charge on any atom is 0.0636 e. The van der Waals surface area contributed by atoms with Crippen LogP contribution in [0.15, 0.2) is 36.9 Å². The predicted octanol–water partition coefficient (Wildman–Crippen LogP) is 4.61. The molecule has 0 radical (unpaired) electrons. The zero-order valence-corrected chi connectivity index (χ0v) is 11.4. The number of hydrogen-bond donors (Lipinski definition) is 1. The number of thiophene rings is 1. The zero-order chi connectivity index (χ0) is 12.3. The molecule has 0 bridgehead atoms. The van der Waals surface area contributed by atoms with Crippen LogP contribution in [-0.2, 0) is 6.54 Å². The van der Waals surface area contributed by atoms with Gasteiger partial charge in [-0.15, -0.1) is 17.9 Å². The summed E-state index contributed by atoms with van der Waals surface area (Å²) in [6, 6.07) is 8.70. The largest absolute Gasteiger partial charge is 0.309 e. The summed E-state index contributed by atoms with van der Waals surface area (Å²) in [7, 11) is 0. The van der Waals surface area contributed by atoms with Crippen LogP contribution < -0.4 is 5.32 Å². The highest BCUT2D eigenvalue weighted by Crippen LogP contribution is 2.34. The van der Waals surface area contributed by atoms with Crippen molar-refractivity contribution >= 4 is 33.0 Å². The van der Waals surface area contributed by atoms with Gasteiger partial charge in [0, 0.05) is 27.5 Å². The third-order valence-corrected chi connectivity index (χ3v) is 4.45. The first-order valence-corrected chi connectivity index (χ1v) is 6.92. The molecule has 1 aromatic heterocycles. The van der Waals surface area contributed by atoms with E-state index in [2.05, 4.69) is 31.0 Å². The third kappa shape index (κ3) is 2.89. The van der Waals surface area contributed by atoms with Crippen LogP contribution in [0.4, 0.5) is 0 Å². The van der Waals surface area contributed by atoms with E-state index >= 15 is 0 Å². The lowest BCUT2D eigenvalue weighted by Gasteiger charge is -2.10. The molecule has 1 nitrogen and oxygen atoms in total. The van der Waals surface area contributed by atoms with Crippen LogP contribution in [0, 0.1) is 0 Å². The zero-order valence-electron chi connectivity index (χ0n) is 9.87. The van der Waals surface area contributed by atoms with Gasteiger partial charge >= 0.3 is 0 Å². The lowest BCUT2D eigenvalue weighted by molar-refractivity contribution is 0.557. The van der Waals surface area contributed by atoms with E-state index < -0.39 is 0 Å². The predicted molar refractivity (Wildman–Crippen MR) is 78.0 cm³/mol. The maximum atomic E-state index is 6.37. The second-order valence-corrected chi connectivity index (χ2v) is 5.66. The standard InChI is InChI=1S/C14H16ClNS/c1-3-6-10(2)16-9-13-14(15)11-7-4-5-8-12(11)17-13/h3-5,7-8,10,16H,1,6,9H2,2H3. The van der Waals surface area contributed by atoms with Crippen molar-refractivity contribution in [2.24, 2.45) is 0 Å². The molecular formula is C14H16ClNS. The fraction of sp³-hybridized carbons (Fsp3) is 0.286. The molecule has 0 fully saturated rings. The first kappa shape index (κ1) is 12.6. The van der Waals surface area contributed by atoms with E-state index in [0.717, 1.165) is 23.4 Å². The third-order valence-electron chi connectivity index (χ3n) is 2.73. The Morgan fingerprint density at radius 3 is 2.94 bits per heavy atom. The SMILES string of the molecule is C=CCC(C)NCc1sc2ccccc2c1Cl. The molecule has 0 aliphatic carbocycles. The molecule has 2 aromatic rings. The Hall–Kier alpha value is -0.830. The average molecular weight is 266 g/mol. The molecule has 0 amide bonds. The van der Waals surface area contributed by atoms with Crippen molar-refractivity contribution in [3.05, 3.63) is 46.8 Å². The van der Waals surface area contributed by atoms with Crippen LogP contribution in [0.5, 0.6) is 0 Å². The summed E-state index contributed by atoms with van der Waals surface area (Å²) in [5, 5.41) is 5.51. The van der Waals surface area contributed by atoms with E-state index in [4.69, 9.17) is 11.6 Å². The van der Waals surface area contributed by atoms with Gasteiger partial charge in [0.15, 0.2) is 0 Å². The molecular weight excluding hydrogens is 250 g/mol. The summed E-state index contributed by atoms with van der Waals surface area (Å²) in [5.41, 5.74) is 0. The van der Waals surface area contributed by atoms with Crippen molar-refractivity contribution in [1.82, 2.24) is 5.32 Å². The summed E-state index contributed by atoms with van der Waals surface area (Å²) < 4.78 is 1.26. The van der Waals surface area contributed by atoms with Crippen molar-refractivity contribution in [2.45, 2.75) is 25.9 Å². The molecule has 0 saturated carbocycles. The average Bonchev–Trinajstić information content (AvgIpc) is 2.65. The number of halogens is 1. The molecule has 1 heterocycles. The minimum atomic E-state index is 0.439. The highest BCUT2D eigenvalue weighted by atomic mass is 35.5. The van der Waals surface area contributed by atoms with Crippen molar-refractivity contribution in [1.29, 1.82) is 0 Å². The van der Waals surface area contributed by atoms with Crippen LogP contribution in [0.2, 0.25) is 5.02 Å². The van der Waals surface area contributed by atoms with E-state index in [9.17, 15) is 0 Å². The fourth-order valence-corrected chi connectivity index (χ4v) is 3.23. The summed E-state index contributed by atoms with van der Waals surface area (Å²) in [6.45, 7) is 6.73. The minimum Gasteiger partial charge on any atom is -0.309 e. The first-order chi connectivity index (χ1) is 8.22. The van der Waals surface area contributed by atoms with Crippen LogP contribution in [0.25, 0.3) is 10.1 Å². The van der Waals surface area contributed by atoms with Gasteiger partial charge in [-0.25, -0.2) is 0 Å². The molecule has 1 N–H and O–H groups in total. The van der Waals surface area contributed by atoms with Crippen LogP contribution >= 0.6 is 22.9 Å². The fourth-order valence-electron chi connectivity index (χ4n) is 1.78. The van der Waals surface area contributed by atoms with Gasteiger partial charge in [-0.2, -0.15) is 0 Å². The molecule has 1 unspecified atom stereocenters. The topological polar surface area (TPSA) is 12.0 Å². The summed E-state index contributed by atoms with van der Waals surface area (Å²) >= 11 is 8.13. The molecule has 0 aliphatic rings. The molecule has 0 spiro atoms. The van der Waals surface area contributed by atoms with E-state index in [1.165, 1.54) is 9.58 Å². The van der Waals surface area contributed by atoms with E-state index in [-0.39, 0.29) is 0 Å². The lowest BCUT2D eigenvalue weighted by Crippen LogP contribution is -2.24. The Kier molecular flexibility index (Phi) is 4.21. The van der Waals surface area contributed by atoms with Crippen molar-refractivity contribution in [3.8, 4) is 0 Å². The van der Waals surface area contributed by atoms with Crippen molar-refractivity contribution in [2.75, 3.05) is 0 Å². The second-order valence-electron chi connectivity index (χ2n) is 4.14. The Labute approximate surface area is 111 Å². The maximum absolute atomic E-state index is 6.37. The highest BCUT2D eigenvalue weighted by molar-refractivity contribution is 7.19. The highest BCUT2D eigenvalue weighted by Gasteiger charge is 2.10. The van der Waals surface area contributed by atoms with Gasteiger partial charge in [-0.1, -0.05) is 35.9 Å². The lowest BCUT2D eigenvalue weighted by atomic mass is 10.2. The van der Waals surface area contributed by atoms with Gasteiger partial charge in [-0.05, 0) is 19.4 Å². The van der Waals surface area contributed by atoms with Gasteiger partial charge in [-0.3, -0.25) is 0 Å². The van der Waals surface area contributed by atoms with Gasteiger partial charge in [0.1, 0.15) is 0 Å². The van der Waals surface area contributed by atoms with Gasteiger partial charge in [0.25, 0.3) is 0 Å². The van der Waals surface area contributed by atoms with Crippen LogP contribution in [-0.4, -0.2) is 6.04 Å². The number of hydrogen-bond acceptors (Lipinski definition) is 2. The molecule has 1 aromatic carbocycles. The van der Waals surface area contributed by atoms with Gasteiger partial charge in [0.2, 0.25) is 0 Å². The number of nitrogens with one attached hydrogen (secondary N) is 1.